The van der Waals surface area contributed by atoms with E-state index in [1.54, 1.807) is 19.2 Å². The molecule has 7 nitrogen and oxygen atoms in total. The van der Waals surface area contributed by atoms with E-state index in [-0.39, 0.29) is 28.7 Å². The van der Waals surface area contributed by atoms with Crippen molar-refractivity contribution in [2.45, 2.75) is 24.8 Å². The zero-order chi connectivity index (χ0) is 21.3. The van der Waals surface area contributed by atoms with Crippen molar-refractivity contribution < 1.29 is 17.9 Å². The van der Waals surface area contributed by atoms with Gasteiger partial charge in [0.05, 0.1) is 24.7 Å². The maximum absolute atomic E-state index is 12.6. The van der Waals surface area contributed by atoms with Gasteiger partial charge in [-0.25, -0.2) is 8.42 Å². The van der Waals surface area contributed by atoms with E-state index in [4.69, 9.17) is 4.74 Å². The fourth-order valence-corrected chi connectivity index (χ4v) is 7.12. The zero-order valence-electron chi connectivity index (χ0n) is 16.7. The number of methoxy groups -OCH3 is 1. The van der Waals surface area contributed by atoms with Gasteiger partial charge in [-0.1, -0.05) is 30.0 Å². The van der Waals surface area contributed by atoms with Gasteiger partial charge in [-0.15, -0.1) is 0 Å². The number of ether oxygens (including phenoxy) is 1. The fourth-order valence-electron chi connectivity index (χ4n) is 3.46. The number of aliphatic imine (C=N–C) groups is 1. The molecule has 0 aliphatic carbocycles. The lowest BCUT2D eigenvalue weighted by atomic mass is 10.1. The minimum atomic E-state index is -2.98. The molecule has 2 aliphatic heterocycles. The van der Waals surface area contributed by atoms with Crippen LogP contribution in [-0.4, -0.2) is 49.4 Å². The standard InChI is InChI=1S/C21H23N3O4S2/c1-13-3-6-15(20(25)22-10-14-4-7-16(28-2)8-5-14)9-17(13)23-21-24-18-11-30(26,27)12-19(18)29-21/h3-9,18-19H,10-12H2,1-2H3,(H,22,25)(H,23,24)/t18-,19+/m0/s1. The summed E-state index contributed by atoms with van der Waals surface area (Å²) in [5, 5.41) is 6.88. The Balaban J connectivity index is 1.41. The van der Waals surface area contributed by atoms with Crippen LogP contribution in [0.3, 0.4) is 0 Å². The van der Waals surface area contributed by atoms with Crippen LogP contribution >= 0.6 is 11.8 Å². The second kappa shape index (κ2) is 8.31. The molecular weight excluding hydrogens is 422 g/mol. The van der Waals surface area contributed by atoms with Crippen molar-refractivity contribution in [3.63, 3.8) is 0 Å². The molecule has 1 saturated heterocycles. The number of thioether (sulfide) groups is 1. The molecule has 0 saturated carbocycles. The van der Waals surface area contributed by atoms with E-state index in [1.807, 2.05) is 37.3 Å². The number of carbonyl (C=O) groups is 1. The number of sulfone groups is 1. The fraction of sp³-hybridized carbons (Fsp3) is 0.333. The topological polar surface area (TPSA) is 96.9 Å². The molecule has 2 N–H and O–H groups in total. The quantitative estimate of drug-likeness (QED) is 0.734. The SMILES string of the molecule is COc1ccc(CNC(=O)c2ccc(C)c(NC3=N[C@H]4CS(=O)(=O)C[C@H]4S3)c2)cc1. The van der Waals surface area contributed by atoms with Crippen molar-refractivity contribution in [2.75, 3.05) is 23.9 Å². The Kier molecular flexibility index (Phi) is 5.75. The summed E-state index contributed by atoms with van der Waals surface area (Å²) >= 11 is 1.46. The third kappa shape index (κ3) is 4.62. The highest BCUT2D eigenvalue weighted by atomic mass is 32.2. The molecule has 2 atom stereocenters. The number of aryl methyl sites for hydroxylation is 1. The predicted octanol–water partition coefficient (Wildman–Crippen LogP) is 2.61. The van der Waals surface area contributed by atoms with E-state index in [1.165, 1.54) is 11.8 Å². The molecule has 0 unspecified atom stereocenters. The van der Waals surface area contributed by atoms with Crippen LogP contribution in [0.4, 0.5) is 5.69 Å². The number of nitrogens with zero attached hydrogens (tertiary/aromatic N) is 1. The first-order chi connectivity index (χ1) is 14.3. The van der Waals surface area contributed by atoms with Crippen LogP contribution in [0.15, 0.2) is 47.5 Å². The summed E-state index contributed by atoms with van der Waals surface area (Å²) in [7, 11) is -1.36. The van der Waals surface area contributed by atoms with Crippen molar-refractivity contribution in [1.29, 1.82) is 0 Å². The molecule has 4 rings (SSSR count). The Bertz CT molecular complexity index is 1100. The molecule has 2 aromatic rings. The largest absolute Gasteiger partial charge is 0.497 e. The molecule has 0 aromatic heterocycles. The van der Waals surface area contributed by atoms with E-state index >= 15 is 0 Å². The number of fused-ring (bicyclic) bond motifs is 1. The molecular formula is C21H23N3O4S2. The molecule has 9 heteroatoms. The normalized spacial score (nSPS) is 21.6. The maximum Gasteiger partial charge on any atom is 0.251 e. The van der Waals surface area contributed by atoms with Crippen molar-refractivity contribution in [3.05, 3.63) is 59.2 Å². The highest BCUT2D eigenvalue weighted by molar-refractivity contribution is 8.15. The van der Waals surface area contributed by atoms with Gasteiger partial charge < -0.3 is 15.4 Å². The van der Waals surface area contributed by atoms with Crippen LogP contribution in [0.1, 0.15) is 21.5 Å². The van der Waals surface area contributed by atoms with E-state index in [2.05, 4.69) is 15.6 Å². The van der Waals surface area contributed by atoms with Crippen LogP contribution < -0.4 is 15.4 Å². The molecule has 1 amide bonds. The van der Waals surface area contributed by atoms with Gasteiger partial charge >= 0.3 is 0 Å². The third-order valence-electron chi connectivity index (χ3n) is 5.17. The molecule has 2 aromatic carbocycles. The average molecular weight is 446 g/mol. The molecule has 0 radical (unpaired) electrons. The van der Waals surface area contributed by atoms with Gasteiger partial charge in [0.15, 0.2) is 15.0 Å². The maximum atomic E-state index is 12.6. The molecule has 30 heavy (non-hydrogen) atoms. The molecule has 2 aliphatic rings. The number of anilines is 1. The number of nitrogens with one attached hydrogen (secondary N) is 2. The first kappa shape index (κ1) is 20.7. The highest BCUT2D eigenvalue weighted by Crippen LogP contribution is 2.35. The van der Waals surface area contributed by atoms with Crippen LogP contribution in [0.25, 0.3) is 0 Å². The summed E-state index contributed by atoms with van der Waals surface area (Å²) in [6.45, 7) is 2.37. The van der Waals surface area contributed by atoms with Gasteiger partial charge in [-0.05, 0) is 42.3 Å². The number of amidine groups is 1. The molecule has 2 heterocycles. The Morgan fingerprint density at radius 1 is 1.20 bits per heavy atom. The second-order valence-corrected chi connectivity index (χ2v) is 10.8. The van der Waals surface area contributed by atoms with Gasteiger partial charge in [0, 0.05) is 23.0 Å². The average Bonchev–Trinajstić information content (AvgIpc) is 3.20. The van der Waals surface area contributed by atoms with Crippen molar-refractivity contribution in [2.24, 2.45) is 4.99 Å². The van der Waals surface area contributed by atoms with Crippen LogP contribution in [0.5, 0.6) is 5.75 Å². The van der Waals surface area contributed by atoms with Gasteiger partial charge in [0.25, 0.3) is 5.91 Å². The number of carbonyl (C=O) groups excluding carboxylic acids is 1. The van der Waals surface area contributed by atoms with E-state index in [0.29, 0.717) is 17.3 Å². The lowest BCUT2D eigenvalue weighted by Crippen LogP contribution is -2.23. The summed E-state index contributed by atoms with van der Waals surface area (Å²) in [5.74, 6) is 0.888. The van der Waals surface area contributed by atoms with Gasteiger partial charge in [-0.3, -0.25) is 9.79 Å². The number of hydrogen-bond acceptors (Lipinski definition) is 7. The Morgan fingerprint density at radius 3 is 2.67 bits per heavy atom. The van der Waals surface area contributed by atoms with Crippen molar-refractivity contribution in [1.82, 2.24) is 5.32 Å². The van der Waals surface area contributed by atoms with E-state index < -0.39 is 9.84 Å². The Hall–Kier alpha value is -2.52. The minimum absolute atomic E-state index is 0.0196. The van der Waals surface area contributed by atoms with Crippen LogP contribution in [0.2, 0.25) is 0 Å². The van der Waals surface area contributed by atoms with Crippen molar-refractivity contribution in [3.8, 4) is 5.75 Å². The molecule has 158 valence electrons. The van der Waals surface area contributed by atoms with E-state index in [9.17, 15) is 13.2 Å². The monoisotopic (exact) mass is 445 g/mol. The van der Waals surface area contributed by atoms with Gasteiger partial charge in [-0.2, -0.15) is 0 Å². The van der Waals surface area contributed by atoms with Crippen LogP contribution in [-0.2, 0) is 16.4 Å². The first-order valence-electron chi connectivity index (χ1n) is 9.57. The summed E-state index contributed by atoms with van der Waals surface area (Å²) in [6, 6.07) is 12.8. The highest BCUT2D eigenvalue weighted by Gasteiger charge is 2.42. The first-order valence-corrected chi connectivity index (χ1v) is 12.3. The smallest absolute Gasteiger partial charge is 0.251 e. The summed E-state index contributed by atoms with van der Waals surface area (Å²) in [6.07, 6.45) is 0. The lowest BCUT2D eigenvalue weighted by Gasteiger charge is -2.12. The van der Waals surface area contributed by atoms with Crippen LogP contribution in [0, 0.1) is 6.92 Å². The lowest BCUT2D eigenvalue weighted by molar-refractivity contribution is 0.0951. The number of benzene rings is 2. The van der Waals surface area contributed by atoms with E-state index in [0.717, 1.165) is 22.6 Å². The summed E-state index contributed by atoms with van der Waals surface area (Å²) in [4.78, 5) is 17.1. The summed E-state index contributed by atoms with van der Waals surface area (Å²) in [5.41, 5.74) is 3.30. The number of rotatable bonds is 5. The van der Waals surface area contributed by atoms with Gasteiger partial charge in [0.1, 0.15) is 5.75 Å². The minimum Gasteiger partial charge on any atom is -0.497 e. The Morgan fingerprint density at radius 2 is 1.97 bits per heavy atom. The number of amides is 1. The molecule has 0 bridgehead atoms. The van der Waals surface area contributed by atoms with Crippen molar-refractivity contribution >= 4 is 38.4 Å². The van der Waals surface area contributed by atoms with Gasteiger partial charge in [0.2, 0.25) is 0 Å². The third-order valence-corrected chi connectivity index (χ3v) is 8.31. The molecule has 1 fully saturated rings. The second-order valence-electron chi connectivity index (χ2n) is 7.42. The number of hydrogen-bond donors (Lipinski definition) is 2. The predicted molar refractivity (Wildman–Crippen MR) is 120 cm³/mol. The molecule has 0 spiro atoms. The summed E-state index contributed by atoms with van der Waals surface area (Å²) < 4.78 is 28.6. The Labute approximate surface area is 180 Å². The zero-order valence-corrected chi connectivity index (χ0v) is 18.3.